The number of aromatic nitrogens is 3. The Kier molecular flexibility index (Phi) is 3.69. The Morgan fingerprint density at radius 2 is 2.25 bits per heavy atom. The molecule has 20 heavy (non-hydrogen) atoms. The fourth-order valence-corrected chi connectivity index (χ4v) is 3.97. The zero-order valence-corrected chi connectivity index (χ0v) is 13.4. The van der Waals surface area contributed by atoms with Crippen LogP contribution < -0.4 is 4.90 Å². The van der Waals surface area contributed by atoms with Crippen LogP contribution in [0.1, 0.15) is 26.0 Å². The van der Waals surface area contributed by atoms with Crippen LogP contribution in [0.2, 0.25) is 0 Å². The Labute approximate surface area is 123 Å². The number of rotatable bonds is 3. The van der Waals surface area contributed by atoms with E-state index >= 15 is 0 Å². The number of aryl methyl sites for hydroxylation is 2. The molecule has 0 bridgehead atoms. The highest BCUT2D eigenvalue weighted by molar-refractivity contribution is 7.22. The topological polar surface area (TPSA) is 43.2 Å². The Hall–Kier alpha value is -1.14. The van der Waals surface area contributed by atoms with Crippen LogP contribution in [0.3, 0.4) is 0 Å². The third-order valence-corrected chi connectivity index (χ3v) is 4.94. The first-order valence-electron chi connectivity index (χ1n) is 7.20. The second kappa shape index (κ2) is 5.33. The van der Waals surface area contributed by atoms with Gasteiger partial charge in [-0.3, -0.25) is 0 Å². The number of hydrogen-bond acceptors (Lipinski definition) is 5. The molecule has 0 radical (unpaired) electrons. The molecule has 1 unspecified atom stereocenters. The van der Waals surface area contributed by atoms with Crippen molar-refractivity contribution >= 4 is 26.8 Å². The molecule has 3 heterocycles. The molecule has 1 aliphatic heterocycles. The van der Waals surface area contributed by atoms with Crippen molar-refractivity contribution in [2.45, 2.75) is 33.2 Å². The summed E-state index contributed by atoms with van der Waals surface area (Å²) in [7, 11) is 1.96. The standard InChI is InChI=1S/C14H22N4OS/c1-9(2)7-11-8-19-6-5-18(11)14-15-13-12(20-14)10(3)16-17(13)4/h9,11H,5-8H2,1-4H3. The number of hydrogen-bond donors (Lipinski definition) is 0. The van der Waals surface area contributed by atoms with E-state index < -0.39 is 0 Å². The van der Waals surface area contributed by atoms with E-state index in [0.717, 1.165) is 42.7 Å². The van der Waals surface area contributed by atoms with Crippen molar-refractivity contribution in [2.24, 2.45) is 13.0 Å². The molecule has 1 fully saturated rings. The lowest BCUT2D eigenvalue weighted by Crippen LogP contribution is -2.46. The number of nitrogens with zero attached hydrogens (tertiary/aromatic N) is 4. The number of thiazole rings is 1. The molecule has 2 aromatic heterocycles. The summed E-state index contributed by atoms with van der Waals surface area (Å²) in [5, 5.41) is 5.54. The Morgan fingerprint density at radius 3 is 2.95 bits per heavy atom. The molecule has 0 N–H and O–H groups in total. The Morgan fingerprint density at radius 1 is 1.45 bits per heavy atom. The zero-order valence-electron chi connectivity index (χ0n) is 12.6. The van der Waals surface area contributed by atoms with Crippen LogP contribution in [0, 0.1) is 12.8 Å². The number of ether oxygens (including phenoxy) is 1. The molecule has 0 spiro atoms. The molecule has 0 amide bonds. The second-order valence-corrected chi connectivity index (χ2v) is 6.89. The van der Waals surface area contributed by atoms with Crippen molar-refractivity contribution in [2.75, 3.05) is 24.7 Å². The minimum Gasteiger partial charge on any atom is -0.377 e. The number of fused-ring (bicyclic) bond motifs is 1. The van der Waals surface area contributed by atoms with Gasteiger partial charge in [-0.25, -0.2) is 9.67 Å². The molecule has 0 aliphatic carbocycles. The summed E-state index contributed by atoms with van der Waals surface area (Å²) in [6.07, 6.45) is 1.15. The monoisotopic (exact) mass is 294 g/mol. The average Bonchev–Trinajstić information content (AvgIpc) is 2.92. The van der Waals surface area contributed by atoms with Crippen LogP contribution in [-0.4, -0.2) is 40.6 Å². The van der Waals surface area contributed by atoms with Gasteiger partial charge in [0, 0.05) is 13.6 Å². The van der Waals surface area contributed by atoms with E-state index in [1.54, 1.807) is 11.3 Å². The maximum Gasteiger partial charge on any atom is 0.188 e. The molecule has 6 heteroatoms. The van der Waals surface area contributed by atoms with Crippen molar-refractivity contribution in [1.82, 2.24) is 14.8 Å². The first-order chi connectivity index (χ1) is 9.56. The quantitative estimate of drug-likeness (QED) is 0.872. The van der Waals surface area contributed by atoms with Gasteiger partial charge in [0.2, 0.25) is 0 Å². The minimum atomic E-state index is 0.442. The van der Waals surface area contributed by atoms with Crippen molar-refractivity contribution in [3.63, 3.8) is 0 Å². The lowest BCUT2D eigenvalue weighted by atomic mass is 10.0. The summed E-state index contributed by atoms with van der Waals surface area (Å²) < 4.78 is 8.74. The van der Waals surface area contributed by atoms with Crippen LogP contribution in [0.25, 0.3) is 10.3 Å². The van der Waals surface area contributed by atoms with Crippen LogP contribution in [0.15, 0.2) is 0 Å². The van der Waals surface area contributed by atoms with Gasteiger partial charge in [0.05, 0.1) is 29.6 Å². The van der Waals surface area contributed by atoms with Gasteiger partial charge in [-0.1, -0.05) is 25.2 Å². The van der Waals surface area contributed by atoms with Gasteiger partial charge in [0.25, 0.3) is 0 Å². The summed E-state index contributed by atoms with van der Waals surface area (Å²) in [5.41, 5.74) is 2.07. The summed E-state index contributed by atoms with van der Waals surface area (Å²) >= 11 is 1.76. The second-order valence-electron chi connectivity index (χ2n) is 5.91. The minimum absolute atomic E-state index is 0.442. The summed E-state index contributed by atoms with van der Waals surface area (Å²) in [5.74, 6) is 0.669. The fraction of sp³-hybridized carbons (Fsp3) is 0.714. The van der Waals surface area contributed by atoms with Gasteiger partial charge in [-0.05, 0) is 19.3 Å². The van der Waals surface area contributed by atoms with Crippen LogP contribution in [0.4, 0.5) is 5.13 Å². The van der Waals surface area contributed by atoms with Crippen molar-refractivity contribution < 1.29 is 4.74 Å². The first-order valence-corrected chi connectivity index (χ1v) is 8.02. The van der Waals surface area contributed by atoms with Gasteiger partial charge >= 0.3 is 0 Å². The van der Waals surface area contributed by atoms with Gasteiger partial charge in [-0.15, -0.1) is 0 Å². The van der Waals surface area contributed by atoms with E-state index in [1.165, 1.54) is 4.70 Å². The van der Waals surface area contributed by atoms with Crippen molar-refractivity contribution in [1.29, 1.82) is 0 Å². The predicted molar refractivity (Wildman–Crippen MR) is 82.5 cm³/mol. The lowest BCUT2D eigenvalue weighted by Gasteiger charge is -2.36. The van der Waals surface area contributed by atoms with Crippen LogP contribution in [-0.2, 0) is 11.8 Å². The highest BCUT2D eigenvalue weighted by atomic mass is 32.1. The molecule has 110 valence electrons. The molecule has 0 aromatic carbocycles. The van der Waals surface area contributed by atoms with Crippen LogP contribution in [0.5, 0.6) is 0 Å². The highest BCUT2D eigenvalue weighted by Gasteiger charge is 2.27. The van der Waals surface area contributed by atoms with Crippen molar-refractivity contribution in [3.05, 3.63) is 5.69 Å². The summed E-state index contributed by atoms with van der Waals surface area (Å²) in [6.45, 7) is 9.12. The van der Waals surface area contributed by atoms with Gasteiger partial charge in [0.1, 0.15) is 0 Å². The molecular formula is C14H22N4OS. The van der Waals surface area contributed by atoms with Crippen LogP contribution >= 0.6 is 11.3 Å². The van der Waals surface area contributed by atoms with E-state index in [9.17, 15) is 0 Å². The highest BCUT2D eigenvalue weighted by Crippen LogP contribution is 2.33. The molecule has 1 saturated heterocycles. The van der Waals surface area contributed by atoms with E-state index in [1.807, 2.05) is 11.7 Å². The maximum atomic E-state index is 5.66. The number of morpholine rings is 1. The van der Waals surface area contributed by atoms with E-state index in [-0.39, 0.29) is 0 Å². The largest absolute Gasteiger partial charge is 0.377 e. The molecule has 2 aromatic rings. The lowest BCUT2D eigenvalue weighted by molar-refractivity contribution is 0.0877. The molecule has 1 aliphatic rings. The fourth-order valence-electron chi connectivity index (χ4n) is 2.84. The molecule has 1 atom stereocenters. The number of anilines is 1. The van der Waals surface area contributed by atoms with Gasteiger partial charge in [-0.2, -0.15) is 5.10 Å². The molecule has 0 saturated carbocycles. The van der Waals surface area contributed by atoms with Gasteiger partial charge < -0.3 is 9.64 Å². The molecule has 5 nitrogen and oxygen atoms in total. The summed E-state index contributed by atoms with van der Waals surface area (Å²) in [4.78, 5) is 7.23. The Bertz CT molecular complexity index is 569. The zero-order chi connectivity index (χ0) is 14.3. The smallest absolute Gasteiger partial charge is 0.188 e. The SMILES string of the molecule is Cc1nn(C)c2nc(N3CCOCC3CC(C)C)sc12. The summed E-state index contributed by atoms with van der Waals surface area (Å²) in [6, 6.07) is 0.442. The third kappa shape index (κ3) is 2.42. The van der Waals surface area contributed by atoms with E-state index in [4.69, 9.17) is 9.72 Å². The Balaban J connectivity index is 1.93. The average molecular weight is 294 g/mol. The van der Waals surface area contributed by atoms with Gasteiger partial charge in [0.15, 0.2) is 10.8 Å². The third-order valence-electron chi connectivity index (χ3n) is 3.75. The normalized spacial score (nSPS) is 20.2. The first kappa shape index (κ1) is 13.8. The van der Waals surface area contributed by atoms with Crippen molar-refractivity contribution in [3.8, 4) is 0 Å². The molecular weight excluding hydrogens is 272 g/mol. The maximum absolute atomic E-state index is 5.66. The van der Waals surface area contributed by atoms with E-state index in [0.29, 0.717) is 12.0 Å². The predicted octanol–water partition coefficient (Wildman–Crippen LogP) is 2.59. The molecule has 3 rings (SSSR count). The van der Waals surface area contributed by atoms with E-state index in [2.05, 4.69) is 30.8 Å².